The van der Waals surface area contributed by atoms with E-state index in [4.69, 9.17) is 5.73 Å². The van der Waals surface area contributed by atoms with Crippen molar-refractivity contribution >= 4 is 24.8 Å². The van der Waals surface area contributed by atoms with Crippen LogP contribution in [0.25, 0.3) is 0 Å². The van der Waals surface area contributed by atoms with Gasteiger partial charge in [-0.3, -0.25) is 5.10 Å². The van der Waals surface area contributed by atoms with Crippen molar-refractivity contribution in [1.29, 1.82) is 0 Å². The fourth-order valence-electron chi connectivity index (χ4n) is 0.569. The lowest BCUT2D eigenvalue weighted by atomic mass is 10.2. The number of rotatable bonds is 2. The van der Waals surface area contributed by atoms with Gasteiger partial charge in [0.2, 0.25) is 0 Å². The maximum Gasteiger partial charge on any atom is 0.288 e. The largest absolute Gasteiger partial charge is 0.325 e. The third-order valence-corrected chi connectivity index (χ3v) is 1.18. The molecule has 7 heteroatoms. The SMILES string of the molecule is Cl.Cl.NCC(F)(F)c1cn[nH]c1. The second-order valence-electron chi connectivity index (χ2n) is 1.90. The Morgan fingerprint density at radius 3 is 2.42 bits per heavy atom. The number of hydrogen-bond acceptors (Lipinski definition) is 2. The van der Waals surface area contributed by atoms with E-state index >= 15 is 0 Å². The van der Waals surface area contributed by atoms with Crippen LogP contribution in [-0.4, -0.2) is 16.7 Å². The van der Waals surface area contributed by atoms with Crippen LogP contribution in [0.15, 0.2) is 12.4 Å². The summed E-state index contributed by atoms with van der Waals surface area (Å²) in [6.07, 6.45) is 2.19. The minimum Gasteiger partial charge on any atom is -0.325 e. The molecule has 3 N–H and O–H groups in total. The Hall–Kier alpha value is -0.390. The molecule has 72 valence electrons. The van der Waals surface area contributed by atoms with E-state index in [-0.39, 0.29) is 30.4 Å². The Morgan fingerprint density at radius 1 is 1.50 bits per heavy atom. The van der Waals surface area contributed by atoms with Crippen LogP contribution in [0.3, 0.4) is 0 Å². The normalized spacial score (nSPS) is 9.92. The standard InChI is InChI=1S/C5H7F2N3.2ClH/c6-5(7,3-8)4-1-9-10-2-4;;/h1-2H,3,8H2,(H,9,10);2*1H. The molecule has 0 amide bonds. The van der Waals surface area contributed by atoms with Crippen LogP contribution < -0.4 is 5.73 Å². The lowest BCUT2D eigenvalue weighted by Gasteiger charge is -2.09. The number of nitrogens with one attached hydrogen (secondary N) is 1. The van der Waals surface area contributed by atoms with Crippen LogP contribution in [0.5, 0.6) is 0 Å². The van der Waals surface area contributed by atoms with Crippen LogP contribution >= 0.6 is 24.8 Å². The highest BCUT2D eigenvalue weighted by molar-refractivity contribution is 5.85. The van der Waals surface area contributed by atoms with Crippen molar-refractivity contribution in [3.8, 4) is 0 Å². The zero-order valence-corrected chi connectivity index (χ0v) is 7.59. The zero-order valence-electron chi connectivity index (χ0n) is 5.96. The Kier molecular flexibility index (Phi) is 6.24. The second kappa shape index (κ2) is 5.29. The van der Waals surface area contributed by atoms with E-state index in [1.54, 1.807) is 0 Å². The molecule has 0 saturated carbocycles. The van der Waals surface area contributed by atoms with E-state index in [9.17, 15) is 8.78 Å². The first-order chi connectivity index (χ1) is 4.67. The minimum atomic E-state index is -2.95. The van der Waals surface area contributed by atoms with Gasteiger partial charge in [-0.15, -0.1) is 24.8 Å². The van der Waals surface area contributed by atoms with Gasteiger partial charge in [-0.25, -0.2) is 0 Å². The summed E-state index contributed by atoms with van der Waals surface area (Å²) in [5, 5.41) is 5.66. The predicted octanol–water partition coefficient (Wildman–Crippen LogP) is 1.30. The Morgan fingerprint density at radius 2 is 2.08 bits per heavy atom. The maximum absolute atomic E-state index is 12.5. The van der Waals surface area contributed by atoms with Crippen molar-refractivity contribution in [3.63, 3.8) is 0 Å². The minimum absolute atomic E-state index is 0. The molecule has 0 aliphatic rings. The molecule has 1 rings (SSSR count). The number of aromatic amines is 1. The van der Waals surface area contributed by atoms with Crippen molar-refractivity contribution < 1.29 is 8.78 Å². The van der Waals surface area contributed by atoms with E-state index in [2.05, 4.69) is 10.2 Å². The highest BCUT2D eigenvalue weighted by atomic mass is 35.5. The van der Waals surface area contributed by atoms with Crippen LogP contribution in [0, 0.1) is 0 Å². The molecule has 0 aromatic carbocycles. The Labute approximate surface area is 80.5 Å². The van der Waals surface area contributed by atoms with Gasteiger partial charge in [0.15, 0.2) is 0 Å². The van der Waals surface area contributed by atoms with Crippen LogP contribution in [0.4, 0.5) is 8.78 Å². The molecule has 0 radical (unpaired) electrons. The third kappa shape index (κ3) is 2.92. The van der Waals surface area contributed by atoms with Gasteiger partial charge in [0, 0.05) is 6.20 Å². The van der Waals surface area contributed by atoms with Gasteiger partial charge in [-0.1, -0.05) is 0 Å². The van der Waals surface area contributed by atoms with Gasteiger partial charge in [-0.05, 0) is 0 Å². The Bertz CT molecular complexity index is 202. The van der Waals surface area contributed by atoms with E-state index in [0.717, 1.165) is 12.4 Å². The smallest absolute Gasteiger partial charge is 0.288 e. The highest BCUT2D eigenvalue weighted by Crippen LogP contribution is 2.24. The molecule has 1 aromatic heterocycles. The molecule has 0 atom stereocenters. The molecule has 1 heterocycles. The number of aromatic nitrogens is 2. The Balaban J connectivity index is 0. The van der Waals surface area contributed by atoms with Crippen LogP contribution in [0.2, 0.25) is 0 Å². The molecule has 0 aliphatic carbocycles. The van der Waals surface area contributed by atoms with Gasteiger partial charge < -0.3 is 5.73 Å². The van der Waals surface area contributed by atoms with E-state index in [0.29, 0.717) is 0 Å². The summed E-state index contributed by atoms with van der Waals surface area (Å²) in [4.78, 5) is 0. The van der Waals surface area contributed by atoms with Crippen molar-refractivity contribution in [2.75, 3.05) is 6.54 Å². The number of alkyl halides is 2. The number of hydrogen-bond donors (Lipinski definition) is 2. The van der Waals surface area contributed by atoms with Crippen molar-refractivity contribution in [1.82, 2.24) is 10.2 Å². The molecule has 0 aliphatic heterocycles. The number of nitrogens with two attached hydrogens (primary N) is 1. The van der Waals surface area contributed by atoms with Gasteiger partial charge >= 0.3 is 0 Å². The summed E-state index contributed by atoms with van der Waals surface area (Å²) in [5.41, 5.74) is 4.63. The van der Waals surface area contributed by atoms with Crippen molar-refractivity contribution in [2.45, 2.75) is 5.92 Å². The average molecular weight is 220 g/mol. The van der Waals surface area contributed by atoms with Crippen molar-refractivity contribution in [3.05, 3.63) is 18.0 Å². The van der Waals surface area contributed by atoms with Crippen molar-refractivity contribution in [2.24, 2.45) is 5.73 Å². The first-order valence-corrected chi connectivity index (χ1v) is 2.74. The van der Waals surface area contributed by atoms with E-state index < -0.39 is 12.5 Å². The summed E-state index contributed by atoms with van der Waals surface area (Å²) >= 11 is 0. The molecule has 0 spiro atoms. The second-order valence-corrected chi connectivity index (χ2v) is 1.90. The lowest BCUT2D eigenvalue weighted by Crippen LogP contribution is -2.24. The van der Waals surface area contributed by atoms with E-state index in [1.165, 1.54) is 0 Å². The molecule has 0 bridgehead atoms. The van der Waals surface area contributed by atoms with Gasteiger partial charge in [0.25, 0.3) is 5.92 Å². The van der Waals surface area contributed by atoms with Gasteiger partial charge in [-0.2, -0.15) is 13.9 Å². The quantitative estimate of drug-likeness (QED) is 0.789. The van der Waals surface area contributed by atoms with Crippen LogP contribution in [0.1, 0.15) is 5.56 Å². The van der Waals surface area contributed by atoms with E-state index in [1.807, 2.05) is 0 Å². The van der Waals surface area contributed by atoms with Crippen LogP contribution in [-0.2, 0) is 5.92 Å². The predicted molar refractivity (Wildman–Crippen MR) is 46.0 cm³/mol. The summed E-state index contributed by atoms with van der Waals surface area (Å²) in [5.74, 6) is -2.95. The fourth-order valence-corrected chi connectivity index (χ4v) is 0.569. The summed E-state index contributed by atoms with van der Waals surface area (Å²) < 4.78 is 25.1. The summed E-state index contributed by atoms with van der Waals surface area (Å²) in [7, 11) is 0. The molecule has 0 fully saturated rings. The molecule has 3 nitrogen and oxygen atoms in total. The molecular weight excluding hydrogens is 211 g/mol. The molecule has 1 aromatic rings. The van der Waals surface area contributed by atoms with Gasteiger partial charge in [0.1, 0.15) is 0 Å². The molecule has 0 unspecified atom stereocenters. The summed E-state index contributed by atoms with van der Waals surface area (Å²) in [6, 6.07) is 0. The molecular formula is C5H9Cl2F2N3. The number of nitrogens with zero attached hydrogens (tertiary/aromatic N) is 1. The topological polar surface area (TPSA) is 54.7 Å². The number of H-pyrrole nitrogens is 1. The van der Waals surface area contributed by atoms with Gasteiger partial charge in [0.05, 0.1) is 18.3 Å². The first kappa shape index (κ1) is 14.2. The highest BCUT2D eigenvalue weighted by Gasteiger charge is 2.30. The zero-order chi connectivity index (χ0) is 7.61. The molecule has 0 saturated heterocycles. The third-order valence-electron chi connectivity index (χ3n) is 1.18. The average Bonchev–Trinajstić information content (AvgIpc) is 2.38. The number of halogens is 4. The molecule has 12 heavy (non-hydrogen) atoms. The first-order valence-electron chi connectivity index (χ1n) is 2.74. The lowest BCUT2D eigenvalue weighted by molar-refractivity contribution is 0.00599. The monoisotopic (exact) mass is 219 g/mol. The maximum atomic E-state index is 12.5. The summed E-state index contributed by atoms with van der Waals surface area (Å²) in [6.45, 7) is -0.688. The fraction of sp³-hybridized carbons (Fsp3) is 0.400.